The second kappa shape index (κ2) is 12.7. The summed E-state index contributed by atoms with van der Waals surface area (Å²) in [5.41, 5.74) is 3.44. The number of rotatable bonds is 11. The van der Waals surface area contributed by atoms with Gasteiger partial charge in [0, 0.05) is 0 Å². The molecule has 0 atom stereocenters. The highest BCUT2D eigenvalue weighted by molar-refractivity contribution is 5.91. The van der Waals surface area contributed by atoms with Crippen molar-refractivity contribution in [3.63, 3.8) is 0 Å². The number of carbonyl (C=O) groups excluding carboxylic acids is 2. The normalized spacial score (nSPS) is 10.6. The summed E-state index contributed by atoms with van der Waals surface area (Å²) in [6.45, 7) is 2.47. The molecule has 0 heterocycles. The number of nitrogens with one attached hydrogen (secondary N) is 1. The van der Waals surface area contributed by atoms with Gasteiger partial charge in [-0.3, -0.25) is 4.79 Å². The molecule has 1 N–H and O–H groups in total. The number of unbranched alkanes of at least 4 members (excludes halogenated alkanes) is 1. The van der Waals surface area contributed by atoms with E-state index >= 15 is 0 Å². The topological polar surface area (TPSA) is 86.2 Å². The van der Waals surface area contributed by atoms with Gasteiger partial charge in [0.1, 0.15) is 23.1 Å². The standard InChI is InChI=1S/C26H25FN2O5/c1-2-3-16-32-22-12-6-20(7-13-22)26(31)34-24-10-4-19(5-11-24)17-28-29-25(30)18-33-23-14-8-21(27)9-15-23/h4-15,17H,2-3,16,18H2,1H3,(H,29,30). The molecular formula is C26H25FN2O5. The summed E-state index contributed by atoms with van der Waals surface area (Å²) < 4.78 is 29.1. The first-order chi connectivity index (χ1) is 16.5. The number of carbonyl (C=O) groups is 2. The molecule has 0 saturated carbocycles. The van der Waals surface area contributed by atoms with Gasteiger partial charge in [-0.1, -0.05) is 13.3 Å². The highest BCUT2D eigenvalue weighted by atomic mass is 19.1. The highest BCUT2D eigenvalue weighted by Gasteiger charge is 2.09. The quantitative estimate of drug-likeness (QED) is 0.145. The van der Waals surface area contributed by atoms with Crippen molar-refractivity contribution in [1.82, 2.24) is 5.43 Å². The average molecular weight is 464 g/mol. The van der Waals surface area contributed by atoms with E-state index in [1.54, 1.807) is 48.5 Å². The lowest BCUT2D eigenvalue weighted by Crippen LogP contribution is -2.24. The molecule has 0 aromatic heterocycles. The Morgan fingerprint density at radius 1 is 0.882 bits per heavy atom. The zero-order chi connectivity index (χ0) is 24.2. The molecule has 7 nitrogen and oxygen atoms in total. The molecule has 0 fully saturated rings. The Hall–Kier alpha value is -4.20. The van der Waals surface area contributed by atoms with Crippen molar-refractivity contribution in [3.8, 4) is 17.2 Å². The fourth-order valence-electron chi connectivity index (χ4n) is 2.70. The largest absolute Gasteiger partial charge is 0.494 e. The van der Waals surface area contributed by atoms with E-state index in [1.165, 1.54) is 30.5 Å². The van der Waals surface area contributed by atoms with Crippen LogP contribution in [0, 0.1) is 5.82 Å². The second-order valence-corrected chi connectivity index (χ2v) is 7.22. The predicted molar refractivity (Wildman–Crippen MR) is 126 cm³/mol. The number of hydrogen-bond donors (Lipinski definition) is 1. The SMILES string of the molecule is CCCCOc1ccc(C(=O)Oc2ccc(C=NNC(=O)COc3ccc(F)cc3)cc2)cc1. The van der Waals surface area contributed by atoms with E-state index in [0.29, 0.717) is 35.0 Å². The molecule has 8 heteroatoms. The summed E-state index contributed by atoms with van der Waals surface area (Å²) in [4.78, 5) is 24.1. The Balaban J connectivity index is 1.43. The molecular weight excluding hydrogens is 439 g/mol. The molecule has 3 aromatic rings. The summed E-state index contributed by atoms with van der Waals surface area (Å²) in [6.07, 6.45) is 3.47. The number of esters is 1. The van der Waals surface area contributed by atoms with Crippen LogP contribution in [0.25, 0.3) is 0 Å². The van der Waals surface area contributed by atoms with Gasteiger partial charge in [-0.2, -0.15) is 5.10 Å². The summed E-state index contributed by atoms with van der Waals surface area (Å²) in [5, 5.41) is 3.86. The molecule has 3 aromatic carbocycles. The third-order valence-corrected chi connectivity index (χ3v) is 4.53. The van der Waals surface area contributed by atoms with Gasteiger partial charge in [-0.15, -0.1) is 0 Å². The van der Waals surface area contributed by atoms with E-state index in [-0.39, 0.29) is 12.4 Å². The average Bonchev–Trinajstić information content (AvgIpc) is 2.85. The van der Waals surface area contributed by atoms with Gasteiger partial charge in [0.05, 0.1) is 18.4 Å². The van der Waals surface area contributed by atoms with E-state index in [0.717, 1.165) is 12.8 Å². The van der Waals surface area contributed by atoms with Crippen LogP contribution in [0.4, 0.5) is 4.39 Å². The Kier molecular flexibility index (Phi) is 9.16. The first-order valence-corrected chi connectivity index (χ1v) is 10.8. The molecule has 0 aliphatic heterocycles. The monoisotopic (exact) mass is 464 g/mol. The van der Waals surface area contributed by atoms with Gasteiger partial charge in [-0.25, -0.2) is 14.6 Å². The minimum Gasteiger partial charge on any atom is -0.494 e. The van der Waals surface area contributed by atoms with E-state index < -0.39 is 11.9 Å². The number of hydrazone groups is 1. The molecule has 0 radical (unpaired) electrons. The van der Waals surface area contributed by atoms with Gasteiger partial charge in [0.2, 0.25) is 0 Å². The maximum absolute atomic E-state index is 12.9. The summed E-state index contributed by atoms with van der Waals surface area (Å²) in [6, 6.07) is 18.8. The lowest BCUT2D eigenvalue weighted by molar-refractivity contribution is -0.123. The molecule has 34 heavy (non-hydrogen) atoms. The van der Waals surface area contributed by atoms with E-state index in [2.05, 4.69) is 17.5 Å². The van der Waals surface area contributed by atoms with Crippen molar-refractivity contribution in [2.24, 2.45) is 5.10 Å². The summed E-state index contributed by atoms with van der Waals surface area (Å²) in [5.74, 6) is 0.138. The number of halogens is 1. The Bertz CT molecular complexity index is 1100. The van der Waals surface area contributed by atoms with Gasteiger partial charge >= 0.3 is 5.97 Å². The molecule has 3 rings (SSSR count). The molecule has 0 unspecified atom stereocenters. The zero-order valence-electron chi connectivity index (χ0n) is 18.7. The van der Waals surface area contributed by atoms with Crippen molar-refractivity contribution in [3.05, 3.63) is 89.7 Å². The molecule has 176 valence electrons. The second-order valence-electron chi connectivity index (χ2n) is 7.22. The predicted octanol–water partition coefficient (Wildman–Crippen LogP) is 4.75. The Morgan fingerprint density at radius 2 is 1.50 bits per heavy atom. The Morgan fingerprint density at radius 3 is 2.18 bits per heavy atom. The first kappa shape index (κ1) is 24.4. The maximum atomic E-state index is 12.9. The number of ether oxygens (including phenoxy) is 3. The molecule has 0 saturated heterocycles. The molecule has 1 amide bonds. The van der Waals surface area contributed by atoms with Crippen molar-refractivity contribution in [2.75, 3.05) is 13.2 Å². The zero-order valence-corrected chi connectivity index (χ0v) is 18.7. The van der Waals surface area contributed by atoms with Gasteiger partial charge in [-0.05, 0) is 84.8 Å². The maximum Gasteiger partial charge on any atom is 0.343 e. The van der Waals surface area contributed by atoms with Crippen molar-refractivity contribution < 1.29 is 28.2 Å². The lowest BCUT2D eigenvalue weighted by atomic mass is 10.2. The van der Waals surface area contributed by atoms with E-state index in [9.17, 15) is 14.0 Å². The third kappa shape index (κ3) is 8.05. The minimum absolute atomic E-state index is 0.260. The highest BCUT2D eigenvalue weighted by Crippen LogP contribution is 2.17. The van der Waals surface area contributed by atoms with E-state index in [1.807, 2.05) is 0 Å². The van der Waals surface area contributed by atoms with Crippen molar-refractivity contribution in [2.45, 2.75) is 19.8 Å². The first-order valence-electron chi connectivity index (χ1n) is 10.8. The van der Waals surface area contributed by atoms with Crippen LogP contribution in [0.5, 0.6) is 17.2 Å². The van der Waals surface area contributed by atoms with Gasteiger partial charge in [0.25, 0.3) is 5.91 Å². The van der Waals surface area contributed by atoms with Crippen LogP contribution in [0.3, 0.4) is 0 Å². The summed E-state index contributed by atoms with van der Waals surface area (Å²) in [7, 11) is 0. The molecule has 0 aliphatic carbocycles. The van der Waals surface area contributed by atoms with Crippen LogP contribution in [0.1, 0.15) is 35.7 Å². The summed E-state index contributed by atoms with van der Waals surface area (Å²) >= 11 is 0. The molecule has 0 bridgehead atoms. The minimum atomic E-state index is -0.477. The number of hydrogen-bond acceptors (Lipinski definition) is 6. The van der Waals surface area contributed by atoms with Crippen LogP contribution < -0.4 is 19.6 Å². The van der Waals surface area contributed by atoms with Crippen LogP contribution in [-0.2, 0) is 4.79 Å². The fourth-order valence-corrected chi connectivity index (χ4v) is 2.70. The lowest BCUT2D eigenvalue weighted by Gasteiger charge is -2.07. The van der Waals surface area contributed by atoms with Crippen LogP contribution >= 0.6 is 0 Å². The smallest absolute Gasteiger partial charge is 0.343 e. The molecule has 0 aliphatic rings. The Labute approximate surface area is 197 Å². The number of benzene rings is 3. The van der Waals surface area contributed by atoms with Crippen LogP contribution in [-0.4, -0.2) is 31.3 Å². The van der Waals surface area contributed by atoms with Crippen LogP contribution in [0.15, 0.2) is 77.9 Å². The number of amides is 1. The third-order valence-electron chi connectivity index (χ3n) is 4.53. The van der Waals surface area contributed by atoms with Crippen molar-refractivity contribution in [1.29, 1.82) is 0 Å². The van der Waals surface area contributed by atoms with Crippen LogP contribution in [0.2, 0.25) is 0 Å². The number of nitrogens with zero attached hydrogens (tertiary/aromatic N) is 1. The van der Waals surface area contributed by atoms with Gasteiger partial charge < -0.3 is 14.2 Å². The van der Waals surface area contributed by atoms with Gasteiger partial charge in [0.15, 0.2) is 6.61 Å². The van der Waals surface area contributed by atoms with E-state index in [4.69, 9.17) is 14.2 Å². The van der Waals surface area contributed by atoms with Crippen molar-refractivity contribution >= 4 is 18.1 Å². The molecule has 0 spiro atoms. The fraction of sp³-hybridized carbons (Fsp3) is 0.192.